The molecule has 1 amide bonds. The maximum Gasteiger partial charge on any atom is 0.264 e. The average Bonchev–Trinajstić information content (AvgIpc) is 3.16. The predicted octanol–water partition coefficient (Wildman–Crippen LogP) is 5.00. The standard InChI is InChI=1S/C31H37ClN2O5S/c1-2-24-5-3-4-6-28(35)25-10-7-22(25)17-34-18-31(14-13-20-15-23(32)9-11-26(20)31)19-39-29-12-8-21(16-27(29)34)30(36)33-40(24,37)38/h4,6,8-9,11-12,15-16,22,24-25,28,35H,2-3,5,7,10,13-14,17-19H2,1H3,(H,33,36)/b6-4-/t22-,24+,25+,28-,31-/m0/s1. The highest BCUT2D eigenvalue weighted by atomic mass is 35.5. The van der Waals surface area contributed by atoms with Crippen LogP contribution in [0.25, 0.3) is 0 Å². The lowest BCUT2D eigenvalue weighted by Gasteiger charge is -2.43. The van der Waals surface area contributed by atoms with E-state index in [0.29, 0.717) is 44.1 Å². The summed E-state index contributed by atoms with van der Waals surface area (Å²) >= 11 is 6.33. The topological polar surface area (TPSA) is 95.9 Å². The SMILES string of the molecule is CC[C@@H]1CC/C=C\[C@H](O)[C@@H]2CC[C@H]2CN2C[C@@]3(CCc4cc(Cl)ccc43)COc3ccc(cc32)C(=O)NS1(=O)=O. The third-order valence-electron chi connectivity index (χ3n) is 9.56. The molecule has 5 atom stereocenters. The van der Waals surface area contributed by atoms with Gasteiger partial charge in [0.15, 0.2) is 0 Å². The molecule has 2 bridgehead atoms. The number of aryl methyl sites for hydroxylation is 1. The minimum absolute atomic E-state index is 0.139. The van der Waals surface area contributed by atoms with E-state index >= 15 is 0 Å². The van der Waals surface area contributed by atoms with E-state index in [2.05, 4.69) is 21.8 Å². The molecule has 0 radical (unpaired) electrons. The molecule has 2 aliphatic carbocycles. The molecule has 4 aliphatic rings. The summed E-state index contributed by atoms with van der Waals surface area (Å²) in [5.41, 5.74) is 3.34. The zero-order valence-corrected chi connectivity index (χ0v) is 24.4. The smallest absolute Gasteiger partial charge is 0.264 e. The van der Waals surface area contributed by atoms with E-state index in [1.54, 1.807) is 18.2 Å². The van der Waals surface area contributed by atoms with E-state index in [0.717, 1.165) is 42.9 Å². The summed E-state index contributed by atoms with van der Waals surface area (Å²) in [4.78, 5) is 15.6. The number of hydrogen-bond acceptors (Lipinski definition) is 6. The Hall–Kier alpha value is -2.55. The van der Waals surface area contributed by atoms with Gasteiger partial charge in [0.1, 0.15) is 5.75 Å². The van der Waals surface area contributed by atoms with Gasteiger partial charge in [0.2, 0.25) is 10.0 Å². The Kier molecular flexibility index (Phi) is 7.38. The second kappa shape index (κ2) is 10.7. The number of carbonyl (C=O) groups is 1. The second-order valence-electron chi connectivity index (χ2n) is 11.9. The van der Waals surface area contributed by atoms with Crippen molar-refractivity contribution in [3.05, 3.63) is 70.3 Å². The Morgan fingerprint density at radius 2 is 2.02 bits per heavy atom. The lowest BCUT2D eigenvalue weighted by Crippen LogP contribution is -2.47. The summed E-state index contributed by atoms with van der Waals surface area (Å²) in [6, 6.07) is 11.3. The molecule has 1 fully saturated rings. The quantitative estimate of drug-likeness (QED) is 0.458. The van der Waals surface area contributed by atoms with Crippen LogP contribution in [0.3, 0.4) is 0 Å². The summed E-state index contributed by atoms with van der Waals surface area (Å²) in [6.45, 7) is 3.73. The van der Waals surface area contributed by atoms with Crippen LogP contribution in [0.5, 0.6) is 5.75 Å². The molecule has 0 saturated heterocycles. The molecule has 0 aromatic heterocycles. The number of hydrogen-bond donors (Lipinski definition) is 2. The van der Waals surface area contributed by atoms with Gasteiger partial charge in [0.05, 0.1) is 23.6 Å². The number of benzene rings is 2. The minimum Gasteiger partial charge on any atom is -0.490 e. The monoisotopic (exact) mass is 584 g/mol. The van der Waals surface area contributed by atoms with Crippen LogP contribution in [0.1, 0.15) is 66.9 Å². The van der Waals surface area contributed by atoms with Gasteiger partial charge in [-0.25, -0.2) is 13.1 Å². The number of nitrogens with zero attached hydrogens (tertiary/aromatic N) is 1. The van der Waals surface area contributed by atoms with E-state index in [9.17, 15) is 18.3 Å². The number of nitrogens with one attached hydrogen (secondary N) is 1. The fourth-order valence-corrected chi connectivity index (χ4v) is 8.70. The largest absolute Gasteiger partial charge is 0.490 e. The van der Waals surface area contributed by atoms with Crippen LogP contribution in [0, 0.1) is 11.8 Å². The Morgan fingerprint density at radius 1 is 1.18 bits per heavy atom. The number of amides is 1. The van der Waals surface area contributed by atoms with Crippen molar-refractivity contribution in [1.82, 2.24) is 4.72 Å². The van der Waals surface area contributed by atoms with E-state index in [-0.39, 0.29) is 16.9 Å². The Morgan fingerprint density at radius 3 is 2.80 bits per heavy atom. The molecule has 2 N–H and O–H groups in total. The predicted molar refractivity (Wildman–Crippen MR) is 157 cm³/mol. The van der Waals surface area contributed by atoms with Crippen molar-refractivity contribution < 1.29 is 23.1 Å². The van der Waals surface area contributed by atoms with Crippen LogP contribution in [-0.4, -0.2) is 50.5 Å². The van der Waals surface area contributed by atoms with Crippen LogP contribution in [-0.2, 0) is 21.9 Å². The average molecular weight is 585 g/mol. The minimum atomic E-state index is -3.87. The zero-order valence-electron chi connectivity index (χ0n) is 22.8. The molecule has 2 aromatic rings. The molecule has 2 aromatic carbocycles. The van der Waals surface area contributed by atoms with Gasteiger partial charge in [-0.05, 0) is 98.2 Å². The van der Waals surface area contributed by atoms with Crippen molar-refractivity contribution in [2.24, 2.45) is 11.8 Å². The summed E-state index contributed by atoms with van der Waals surface area (Å²) in [5, 5.41) is 11.1. The number of anilines is 1. The Bertz CT molecular complexity index is 1440. The van der Waals surface area contributed by atoms with Crippen LogP contribution >= 0.6 is 11.6 Å². The first-order valence-corrected chi connectivity index (χ1v) is 16.3. The molecule has 40 heavy (non-hydrogen) atoms. The maximum absolute atomic E-state index is 13.3. The van der Waals surface area contributed by atoms with E-state index in [4.69, 9.17) is 16.3 Å². The molecule has 214 valence electrons. The Labute approximate surface area is 241 Å². The number of aliphatic hydroxyl groups is 1. The highest BCUT2D eigenvalue weighted by molar-refractivity contribution is 7.90. The normalized spacial score (nSPS) is 32.2. The molecule has 2 heterocycles. The number of carbonyl (C=O) groups excluding carboxylic acids is 1. The molecular formula is C31H37ClN2O5S. The zero-order chi connectivity index (χ0) is 28.1. The first-order chi connectivity index (χ1) is 19.2. The molecule has 1 saturated carbocycles. The highest BCUT2D eigenvalue weighted by Gasteiger charge is 2.45. The number of fused-ring (bicyclic) bond motifs is 4. The van der Waals surface area contributed by atoms with Crippen molar-refractivity contribution in [3.8, 4) is 5.75 Å². The van der Waals surface area contributed by atoms with E-state index in [1.165, 1.54) is 11.1 Å². The van der Waals surface area contributed by atoms with Crippen LogP contribution in [0.4, 0.5) is 5.69 Å². The summed E-state index contributed by atoms with van der Waals surface area (Å²) in [6.07, 6.45) is 8.28. The van der Waals surface area contributed by atoms with Gasteiger partial charge in [-0.1, -0.05) is 36.7 Å². The van der Waals surface area contributed by atoms with Gasteiger partial charge in [0.25, 0.3) is 5.91 Å². The fourth-order valence-electron chi connectivity index (χ4n) is 7.08. The number of aliphatic hydroxyl groups excluding tert-OH is 1. The second-order valence-corrected chi connectivity index (χ2v) is 14.3. The van der Waals surface area contributed by atoms with Gasteiger partial charge >= 0.3 is 0 Å². The van der Waals surface area contributed by atoms with E-state index in [1.807, 2.05) is 25.1 Å². The number of allylic oxidation sites excluding steroid dienone is 1. The molecule has 9 heteroatoms. The van der Waals surface area contributed by atoms with Crippen molar-refractivity contribution in [2.45, 2.75) is 68.6 Å². The molecule has 1 spiro atoms. The number of halogens is 1. The van der Waals surface area contributed by atoms with Crippen LogP contribution in [0.15, 0.2) is 48.6 Å². The summed E-state index contributed by atoms with van der Waals surface area (Å²) in [7, 11) is -3.87. The van der Waals surface area contributed by atoms with Crippen molar-refractivity contribution in [3.63, 3.8) is 0 Å². The van der Waals surface area contributed by atoms with Crippen molar-refractivity contribution in [1.29, 1.82) is 0 Å². The first kappa shape index (κ1) is 27.6. The fraction of sp³-hybridized carbons (Fsp3) is 0.516. The van der Waals surface area contributed by atoms with Gasteiger partial charge < -0.3 is 14.7 Å². The molecule has 7 nitrogen and oxygen atoms in total. The Balaban J connectivity index is 1.41. The number of ether oxygens (including phenoxy) is 1. The molecule has 2 aliphatic heterocycles. The van der Waals surface area contributed by atoms with Crippen LogP contribution in [0.2, 0.25) is 5.02 Å². The highest BCUT2D eigenvalue weighted by Crippen LogP contribution is 2.47. The van der Waals surface area contributed by atoms with Crippen LogP contribution < -0.4 is 14.4 Å². The van der Waals surface area contributed by atoms with Gasteiger partial charge in [-0.15, -0.1) is 0 Å². The third-order valence-corrected chi connectivity index (χ3v) is 11.7. The third kappa shape index (κ3) is 5.03. The number of rotatable bonds is 1. The lowest BCUT2D eigenvalue weighted by atomic mass is 9.70. The van der Waals surface area contributed by atoms with Crippen molar-refractivity contribution >= 4 is 33.2 Å². The summed E-state index contributed by atoms with van der Waals surface area (Å²) in [5.74, 6) is 0.491. The molecular weight excluding hydrogens is 548 g/mol. The summed E-state index contributed by atoms with van der Waals surface area (Å²) < 4.78 is 35.0. The van der Waals surface area contributed by atoms with Gasteiger partial charge in [0, 0.05) is 29.1 Å². The number of sulfonamides is 1. The lowest BCUT2D eigenvalue weighted by molar-refractivity contribution is 0.0457. The maximum atomic E-state index is 13.3. The molecule has 0 unspecified atom stereocenters. The van der Waals surface area contributed by atoms with Gasteiger partial charge in [-0.2, -0.15) is 0 Å². The first-order valence-electron chi connectivity index (χ1n) is 14.4. The van der Waals surface area contributed by atoms with E-state index < -0.39 is 27.3 Å². The van der Waals surface area contributed by atoms with Gasteiger partial charge in [-0.3, -0.25) is 4.79 Å². The molecule has 6 rings (SSSR count). The van der Waals surface area contributed by atoms with Crippen molar-refractivity contribution in [2.75, 3.05) is 24.6 Å².